The molecule has 106 valence electrons. The molecule has 0 aromatic heterocycles. The molecule has 1 N–H and O–H groups in total. The van der Waals surface area contributed by atoms with Crippen molar-refractivity contribution in [1.29, 1.82) is 0 Å². The van der Waals surface area contributed by atoms with Gasteiger partial charge >= 0.3 is 0 Å². The number of aliphatic hydroxyl groups is 1. The fraction of sp³-hybridized carbons (Fsp3) is 0.294. The van der Waals surface area contributed by atoms with E-state index in [1.54, 1.807) is 0 Å². The van der Waals surface area contributed by atoms with Crippen molar-refractivity contribution in [2.75, 3.05) is 6.61 Å². The highest BCUT2D eigenvalue weighted by atomic mass is 19.1. The highest BCUT2D eigenvalue weighted by Crippen LogP contribution is 2.17. The van der Waals surface area contributed by atoms with E-state index in [1.807, 2.05) is 31.2 Å². The molecule has 0 spiro atoms. The second kappa shape index (κ2) is 6.62. The number of aliphatic hydroxyl groups excluding tert-OH is 1. The third-order valence-electron chi connectivity index (χ3n) is 3.35. The fourth-order valence-corrected chi connectivity index (χ4v) is 2.32. The number of hydrogen-bond donors (Lipinski definition) is 1. The second-order valence-corrected chi connectivity index (χ2v) is 5.22. The molecule has 20 heavy (non-hydrogen) atoms. The van der Waals surface area contributed by atoms with E-state index in [0.29, 0.717) is 18.4 Å². The third kappa shape index (κ3) is 4.14. The summed E-state index contributed by atoms with van der Waals surface area (Å²) in [4.78, 5) is 0. The molecule has 1 nitrogen and oxygen atoms in total. The van der Waals surface area contributed by atoms with Gasteiger partial charge in [0.2, 0.25) is 0 Å². The summed E-state index contributed by atoms with van der Waals surface area (Å²) in [5.74, 6) is -1.20. The minimum atomic E-state index is -0.577. The molecule has 1 unspecified atom stereocenters. The molecular weight excluding hydrogens is 258 g/mol. The van der Waals surface area contributed by atoms with Gasteiger partial charge in [-0.15, -0.1) is 0 Å². The predicted molar refractivity (Wildman–Crippen MR) is 75.5 cm³/mol. The Morgan fingerprint density at radius 1 is 0.900 bits per heavy atom. The van der Waals surface area contributed by atoms with Gasteiger partial charge in [-0.25, -0.2) is 8.78 Å². The molecule has 0 saturated carbocycles. The van der Waals surface area contributed by atoms with Crippen molar-refractivity contribution in [2.45, 2.75) is 19.8 Å². The molecule has 1 atom stereocenters. The molecule has 0 aliphatic rings. The lowest BCUT2D eigenvalue weighted by molar-refractivity contribution is 0.225. The highest BCUT2D eigenvalue weighted by molar-refractivity contribution is 5.23. The first-order chi connectivity index (χ1) is 9.56. The summed E-state index contributed by atoms with van der Waals surface area (Å²) in [6, 6.07) is 11.6. The van der Waals surface area contributed by atoms with Crippen LogP contribution in [-0.2, 0) is 12.8 Å². The van der Waals surface area contributed by atoms with Crippen LogP contribution in [0, 0.1) is 24.5 Å². The average molecular weight is 276 g/mol. The first kappa shape index (κ1) is 14.7. The van der Waals surface area contributed by atoms with Crippen LogP contribution in [-0.4, -0.2) is 11.7 Å². The van der Waals surface area contributed by atoms with Crippen LogP contribution in [0.3, 0.4) is 0 Å². The molecule has 0 fully saturated rings. The van der Waals surface area contributed by atoms with Crippen molar-refractivity contribution >= 4 is 0 Å². The normalized spacial score (nSPS) is 12.4. The van der Waals surface area contributed by atoms with Crippen LogP contribution in [0.1, 0.15) is 16.7 Å². The molecule has 0 radical (unpaired) electrons. The van der Waals surface area contributed by atoms with E-state index in [1.165, 1.54) is 17.7 Å². The first-order valence-corrected chi connectivity index (χ1v) is 6.68. The summed E-state index contributed by atoms with van der Waals surface area (Å²) in [5, 5.41) is 9.45. The minimum absolute atomic E-state index is 0.00793. The zero-order chi connectivity index (χ0) is 14.5. The molecule has 2 aromatic rings. The number of hydrogen-bond acceptors (Lipinski definition) is 1. The van der Waals surface area contributed by atoms with Gasteiger partial charge in [0.1, 0.15) is 11.6 Å². The Balaban J connectivity index is 2.06. The van der Waals surface area contributed by atoms with E-state index in [-0.39, 0.29) is 12.5 Å². The van der Waals surface area contributed by atoms with Gasteiger partial charge in [-0.2, -0.15) is 0 Å². The van der Waals surface area contributed by atoms with E-state index in [2.05, 4.69) is 0 Å². The molecular formula is C17H18F2O. The molecule has 0 heterocycles. The van der Waals surface area contributed by atoms with E-state index < -0.39 is 11.6 Å². The Kier molecular flexibility index (Phi) is 4.85. The highest BCUT2D eigenvalue weighted by Gasteiger charge is 2.11. The van der Waals surface area contributed by atoms with Crippen molar-refractivity contribution in [3.05, 3.63) is 70.8 Å². The van der Waals surface area contributed by atoms with Crippen molar-refractivity contribution in [3.8, 4) is 0 Å². The number of rotatable bonds is 5. The summed E-state index contributed by atoms with van der Waals surface area (Å²) in [5.41, 5.74) is 2.88. The van der Waals surface area contributed by atoms with Crippen LogP contribution < -0.4 is 0 Å². The predicted octanol–water partition coefficient (Wildman–Crippen LogP) is 3.67. The molecule has 0 aliphatic carbocycles. The number of benzene rings is 2. The molecule has 2 aromatic carbocycles. The lowest BCUT2D eigenvalue weighted by Crippen LogP contribution is -2.13. The van der Waals surface area contributed by atoms with Gasteiger partial charge < -0.3 is 5.11 Å². The van der Waals surface area contributed by atoms with Crippen LogP contribution in [0.4, 0.5) is 8.78 Å². The lowest BCUT2D eigenvalue weighted by atomic mass is 9.93. The zero-order valence-electron chi connectivity index (χ0n) is 11.4. The van der Waals surface area contributed by atoms with Crippen molar-refractivity contribution in [3.63, 3.8) is 0 Å². The smallest absolute Gasteiger partial charge is 0.126 e. The average Bonchev–Trinajstić information content (AvgIpc) is 2.39. The van der Waals surface area contributed by atoms with Gasteiger partial charge in [0.25, 0.3) is 0 Å². The first-order valence-electron chi connectivity index (χ1n) is 6.68. The van der Waals surface area contributed by atoms with Gasteiger partial charge in [-0.3, -0.25) is 0 Å². The van der Waals surface area contributed by atoms with E-state index in [0.717, 1.165) is 11.6 Å². The summed E-state index contributed by atoms with van der Waals surface area (Å²) < 4.78 is 26.3. The maximum Gasteiger partial charge on any atom is 0.126 e. The second-order valence-electron chi connectivity index (χ2n) is 5.22. The Morgan fingerprint density at radius 2 is 1.45 bits per heavy atom. The van der Waals surface area contributed by atoms with Crippen molar-refractivity contribution < 1.29 is 13.9 Å². The molecule has 3 heteroatoms. The molecule has 0 saturated heterocycles. The largest absolute Gasteiger partial charge is 0.396 e. The van der Waals surface area contributed by atoms with Gasteiger partial charge in [-0.1, -0.05) is 29.8 Å². The van der Waals surface area contributed by atoms with Crippen molar-refractivity contribution in [1.82, 2.24) is 0 Å². The van der Waals surface area contributed by atoms with Crippen LogP contribution in [0.2, 0.25) is 0 Å². The summed E-state index contributed by atoms with van der Waals surface area (Å²) in [7, 11) is 0. The maximum atomic E-state index is 13.2. The Hall–Kier alpha value is -1.74. The molecule has 0 amide bonds. The van der Waals surface area contributed by atoms with Crippen LogP contribution in [0.5, 0.6) is 0 Å². The van der Waals surface area contributed by atoms with Crippen molar-refractivity contribution in [2.24, 2.45) is 5.92 Å². The van der Waals surface area contributed by atoms with E-state index >= 15 is 0 Å². The van der Waals surface area contributed by atoms with Gasteiger partial charge in [0, 0.05) is 12.7 Å². The molecule has 2 rings (SSSR count). The topological polar surface area (TPSA) is 20.2 Å². The monoisotopic (exact) mass is 276 g/mol. The molecule has 0 aliphatic heterocycles. The Bertz CT molecular complexity index is 543. The summed E-state index contributed by atoms with van der Waals surface area (Å²) in [6.45, 7) is 2.01. The van der Waals surface area contributed by atoms with Crippen LogP contribution in [0.25, 0.3) is 0 Å². The van der Waals surface area contributed by atoms with Gasteiger partial charge in [0.15, 0.2) is 0 Å². The lowest BCUT2D eigenvalue weighted by Gasteiger charge is -2.14. The third-order valence-corrected chi connectivity index (χ3v) is 3.35. The van der Waals surface area contributed by atoms with E-state index in [4.69, 9.17) is 0 Å². The maximum absolute atomic E-state index is 13.2. The number of halogens is 2. The Labute approximate surface area is 117 Å². The van der Waals surface area contributed by atoms with Crippen LogP contribution in [0.15, 0.2) is 42.5 Å². The summed E-state index contributed by atoms with van der Waals surface area (Å²) >= 11 is 0. The molecule has 0 bridgehead atoms. The van der Waals surface area contributed by atoms with Crippen LogP contribution >= 0.6 is 0 Å². The fourth-order valence-electron chi connectivity index (χ4n) is 2.32. The zero-order valence-corrected chi connectivity index (χ0v) is 11.4. The standard InChI is InChI=1S/C17H18F2O/c1-12-2-4-13(5-3-12)6-15(11-20)7-14-8-16(18)10-17(19)9-14/h2-5,8-10,15,20H,6-7,11H2,1H3. The van der Waals surface area contributed by atoms with Gasteiger partial charge in [-0.05, 0) is 48.9 Å². The SMILES string of the molecule is Cc1ccc(CC(CO)Cc2cc(F)cc(F)c2)cc1. The van der Waals surface area contributed by atoms with Gasteiger partial charge in [0.05, 0.1) is 0 Å². The quantitative estimate of drug-likeness (QED) is 0.883. The van der Waals surface area contributed by atoms with E-state index in [9.17, 15) is 13.9 Å². The number of aryl methyl sites for hydroxylation is 1. The summed E-state index contributed by atoms with van der Waals surface area (Å²) in [6.07, 6.45) is 1.15. The minimum Gasteiger partial charge on any atom is -0.396 e. The Morgan fingerprint density at radius 3 is 2.00 bits per heavy atom.